The van der Waals surface area contributed by atoms with Crippen LogP contribution in [0, 0.1) is 10.1 Å². The van der Waals surface area contributed by atoms with Crippen LogP contribution in [0.5, 0.6) is 0 Å². The van der Waals surface area contributed by atoms with Crippen LogP contribution in [0.1, 0.15) is 5.56 Å². The van der Waals surface area contributed by atoms with E-state index < -0.39 is 20.5 Å². The van der Waals surface area contributed by atoms with Gasteiger partial charge in [-0.25, -0.2) is 8.42 Å². The first kappa shape index (κ1) is 13.8. The Balaban J connectivity index is 2.30. The van der Waals surface area contributed by atoms with Crippen molar-refractivity contribution >= 4 is 38.7 Å². The Morgan fingerprint density at radius 2 is 2.16 bits per heavy atom. The number of nitro groups is 1. The number of halogens is 1. The Kier molecular flexibility index (Phi) is 3.78. The van der Waals surface area contributed by atoms with Crippen LogP contribution in [0.25, 0.3) is 0 Å². The zero-order valence-corrected chi connectivity index (χ0v) is 11.6. The molecule has 7 nitrogen and oxygen atoms in total. The molecule has 0 amide bonds. The third kappa shape index (κ3) is 3.25. The summed E-state index contributed by atoms with van der Waals surface area (Å²) in [6.45, 7) is 0. The monoisotopic (exact) mass is 319 g/mol. The highest BCUT2D eigenvalue weighted by Crippen LogP contribution is 2.20. The van der Waals surface area contributed by atoms with E-state index in [1.54, 1.807) is 0 Å². The predicted octanol–water partition coefficient (Wildman–Crippen LogP) is 2.07. The van der Waals surface area contributed by atoms with Gasteiger partial charge < -0.3 is 0 Å². The molecule has 0 saturated carbocycles. The zero-order valence-electron chi connectivity index (χ0n) is 9.19. The van der Waals surface area contributed by atoms with Gasteiger partial charge in [0.1, 0.15) is 0 Å². The van der Waals surface area contributed by atoms with Crippen molar-refractivity contribution in [1.82, 2.24) is 9.36 Å². The molecule has 0 aliphatic heterocycles. The first-order chi connectivity index (χ1) is 8.88. The van der Waals surface area contributed by atoms with Crippen LogP contribution in [-0.2, 0) is 15.6 Å². The van der Waals surface area contributed by atoms with Crippen molar-refractivity contribution < 1.29 is 13.3 Å². The van der Waals surface area contributed by atoms with Gasteiger partial charge in [-0.15, -0.1) is 0 Å². The summed E-state index contributed by atoms with van der Waals surface area (Å²) in [5.74, 6) is -0.415. The van der Waals surface area contributed by atoms with Crippen LogP contribution >= 0.6 is 23.1 Å². The average Bonchev–Trinajstić information content (AvgIpc) is 2.76. The fourth-order valence-corrected chi connectivity index (χ4v) is 3.52. The van der Waals surface area contributed by atoms with Gasteiger partial charge >= 0.3 is 0 Å². The fourth-order valence-electron chi connectivity index (χ4n) is 1.36. The van der Waals surface area contributed by atoms with E-state index in [1.807, 2.05) is 0 Å². The maximum absolute atomic E-state index is 11.9. The van der Waals surface area contributed by atoms with Crippen molar-refractivity contribution in [1.29, 1.82) is 0 Å². The summed E-state index contributed by atoms with van der Waals surface area (Å²) in [6.07, 6.45) is 0. The molecule has 2 rings (SSSR count). The number of benzene rings is 1. The largest absolute Gasteiger partial charge is 0.269 e. The second-order valence-corrected chi connectivity index (χ2v) is 6.73. The molecule has 0 atom stereocenters. The normalized spacial score (nSPS) is 11.4. The van der Waals surface area contributed by atoms with Gasteiger partial charge in [-0.1, -0.05) is 12.1 Å². The van der Waals surface area contributed by atoms with Crippen LogP contribution in [0.4, 0.5) is 5.69 Å². The Bertz CT molecular complexity index is 729. The lowest BCUT2D eigenvalue weighted by Gasteiger charge is -2.00. The van der Waals surface area contributed by atoms with Crippen molar-refractivity contribution in [2.24, 2.45) is 0 Å². The highest BCUT2D eigenvalue weighted by Gasteiger charge is 2.21. The molecule has 0 N–H and O–H groups in total. The van der Waals surface area contributed by atoms with E-state index in [1.165, 1.54) is 24.3 Å². The molecule has 1 aromatic heterocycles. The lowest BCUT2D eigenvalue weighted by Crippen LogP contribution is -2.07. The number of sulfone groups is 1. The van der Waals surface area contributed by atoms with Gasteiger partial charge in [0.05, 0.1) is 10.7 Å². The summed E-state index contributed by atoms with van der Waals surface area (Å²) in [5.41, 5.74) is 0.122. The molecule has 0 saturated heterocycles. The third-order valence-electron chi connectivity index (χ3n) is 2.14. The van der Waals surface area contributed by atoms with Crippen LogP contribution in [0.2, 0.25) is 4.47 Å². The molecule has 0 radical (unpaired) electrons. The molecule has 0 aliphatic carbocycles. The minimum absolute atomic E-state index is 0.0256. The molecule has 1 heterocycles. The molecular weight excluding hydrogens is 314 g/mol. The number of hydrogen-bond donors (Lipinski definition) is 0. The number of nitro benzene ring substituents is 1. The van der Waals surface area contributed by atoms with Gasteiger partial charge in [-0.05, 0) is 28.7 Å². The quantitative estimate of drug-likeness (QED) is 0.631. The molecule has 0 fully saturated rings. The van der Waals surface area contributed by atoms with Crippen molar-refractivity contribution in [2.45, 2.75) is 10.9 Å². The summed E-state index contributed by atoms with van der Waals surface area (Å²) >= 11 is 6.29. The molecule has 10 heteroatoms. The van der Waals surface area contributed by atoms with Gasteiger partial charge in [0.25, 0.3) is 10.8 Å². The number of hydrogen-bond acceptors (Lipinski definition) is 7. The number of non-ortho nitro benzene ring substituents is 1. The molecule has 1 aromatic carbocycles. The molecule has 2 aromatic rings. The maximum Gasteiger partial charge on any atom is 0.269 e. The van der Waals surface area contributed by atoms with E-state index in [4.69, 9.17) is 11.6 Å². The highest BCUT2D eigenvalue weighted by atomic mass is 35.5. The van der Waals surface area contributed by atoms with E-state index in [-0.39, 0.29) is 15.3 Å². The molecule has 0 unspecified atom stereocenters. The summed E-state index contributed by atoms with van der Waals surface area (Å²) in [5, 5.41) is 10.2. The van der Waals surface area contributed by atoms with E-state index in [2.05, 4.69) is 9.36 Å². The minimum atomic E-state index is -3.75. The van der Waals surface area contributed by atoms with E-state index >= 15 is 0 Å². The van der Waals surface area contributed by atoms with Gasteiger partial charge in [0.2, 0.25) is 14.3 Å². The van der Waals surface area contributed by atoms with Crippen LogP contribution in [0.15, 0.2) is 29.4 Å². The molecule has 19 heavy (non-hydrogen) atoms. The van der Waals surface area contributed by atoms with Crippen molar-refractivity contribution in [3.05, 3.63) is 44.4 Å². The van der Waals surface area contributed by atoms with E-state index in [0.29, 0.717) is 5.56 Å². The van der Waals surface area contributed by atoms with Gasteiger partial charge in [-0.3, -0.25) is 10.1 Å². The predicted molar refractivity (Wildman–Crippen MR) is 68.9 cm³/mol. The first-order valence-electron chi connectivity index (χ1n) is 4.84. The number of rotatable bonds is 4. The number of nitrogens with zero attached hydrogens (tertiary/aromatic N) is 3. The Morgan fingerprint density at radius 3 is 2.74 bits per heavy atom. The third-order valence-corrected chi connectivity index (χ3v) is 4.50. The fraction of sp³-hybridized carbons (Fsp3) is 0.111. The van der Waals surface area contributed by atoms with Crippen LogP contribution in [-0.4, -0.2) is 22.7 Å². The smallest absolute Gasteiger partial charge is 0.258 e. The van der Waals surface area contributed by atoms with Gasteiger partial charge in [0, 0.05) is 12.1 Å². The topological polar surface area (TPSA) is 103 Å². The SMILES string of the molecule is O=[N+]([O-])c1cccc(CS(=O)(=O)c2nsc(Cl)n2)c1. The maximum atomic E-state index is 11.9. The van der Waals surface area contributed by atoms with Crippen LogP contribution in [0.3, 0.4) is 0 Å². The lowest BCUT2D eigenvalue weighted by atomic mass is 10.2. The zero-order chi connectivity index (χ0) is 14.0. The van der Waals surface area contributed by atoms with E-state index in [9.17, 15) is 18.5 Å². The van der Waals surface area contributed by atoms with Gasteiger partial charge in [0.15, 0.2) is 0 Å². The van der Waals surface area contributed by atoms with Crippen molar-refractivity contribution in [3.8, 4) is 0 Å². The summed E-state index contributed by atoms with van der Waals surface area (Å²) in [7, 11) is -3.75. The average molecular weight is 320 g/mol. The molecule has 0 bridgehead atoms. The lowest BCUT2D eigenvalue weighted by molar-refractivity contribution is -0.384. The molecule has 100 valence electrons. The van der Waals surface area contributed by atoms with Crippen molar-refractivity contribution in [3.63, 3.8) is 0 Å². The summed E-state index contributed by atoms with van der Waals surface area (Å²) in [6, 6.07) is 5.39. The first-order valence-corrected chi connectivity index (χ1v) is 7.64. The standard InChI is InChI=1S/C9H6ClN3O4S2/c10-8-11-9(12-18-8)19(16,17)5-6-2-1-3-7(4-6)13(14)15/h1-4H,5H2. The Labute approximate surface area is 117 Å². The minimum Gasteiger partial charge on any atom is -0.258 e. The molecule has 0 aliphatic rings. The highest BCUT2D eigenvalue weighted by molar-refractivity contribution is 7.90. The van der Waals surface area contributed by atoms with Crippen LogP contribution < -0.4 is 0 Å². The van der Waals surface area contributed by atoms with Crippen molar-refractivity contribution in [2.75, 3.05) is 0 Å². The van der Waals surface area contributed by atoms with Gasteiger partial charge in [-0.2, -0.15) is 9.36 Å². The second kappa shape index (κ2) is 5.19. The van der Waals surface area contributed by atoms with E-state index in [0.717, 1.165) is 11.5 Å². The molecule has 0 spiro atoms. The molecular formula is C9H6ClN3O4S2. The Hall–Kier alpha value is -1.58. The summed E-state index contributed by atoms with van der Waals surface area (Å²) in [4.78, 5) is 13.6. The second-order valence-electron chi connectivity index (χ2n) is 3.52. The summed E-state index contributed by atoms with van der Waals surface area (Å²) < 4.78 is 27.5. The Morgan fingerprint density at radius 1 is 1.42 bits per heavy atom. The number of aromatic nitrogens is 2.